The third-order valence-electron chi connectivity index (χ3n) is 7.95. The van der Waals surface area contributed by atoms with Gasteiger partial charge in [0.05, 0.1) is 12.8 Å². The highest BCUT2D eigenvalue weighted by atomic mass is 35.5. The quantitative estimate of drug-likeness (QED) is 0.173. The van der Waals surface area contributed by atoms with E-state index in [0.717, 1.165) is 46.5 Å². The molecule has 228 valence electrons. The Labute approximate surface area is 261 Å². The molecule has 0 saturated carbocycles. The average Bonchev–Trinajstić information content (AvgIpc) is 3.68. The van der Waals surface area contributed by atoms with Gasteiger partial charge in [-0.2, -0.15) is 5.21 Å². The summed E-state index contributed by atoms with van der Waals surface area (Å²) >= 11 is 6.96. The Balaban J connectivity index is 1.59. The van der Waals surface area contributed by atoms with Gasteiger partial charge in [0.2, 0.25) is 5.82 Å². The van der Waals surface area contributed by atoms with Crippen LogP contribution >= 0.6 is 11.6 Å². The van der Waals surface area contributed by atoms with Crippen LogP contribution in [0.3, 0.4) is 0 Å². The lowest BCUT2D eigenvalue weighted by atomic mass is 9.86. The Kier molecular flexibility index (Phi) is 9.41. The van der Waals surface area contributed by atoms with Crippen molar-refractivity contribution in [3.05, 3.63) is 101 Å². The first-order valence-electron chi connectivity index (χ1n) is 14.5. The van der Waals surface area contributed by atoms with Crippen LogP contribution in [0.2, 0.25) is 5.15 Å². The van der Waals surface area contributed by atoms with Crippen molar-refractivity contribution >= 4 is 17.6 Å². The molecule has 0 spiro atoms. The fourth-order valence-corrected chi connectivity index (χ4v) is 5.97. The number of nitrogens with one attached hydrogen (secondary N) is 1. The van der Waals surface area contributed by atoms with Crippen molar-refractivity contribution in [3.8, 4) is 28.3 Å². The summed E-state index contributed by atoms with van der Waals surface area (Å²) in [7, 11) is 5.06. The number of aromatic amines is 1. The number of carbonyl (C=O) groups excluding carboxylic acids is 1. The number of benzene rings is 3. The van der Waals surface area contributed by atoms with Gasteiger partial charge in [-0.1, -0.05) is 85.6 Å². The minimum atomic E-state index is -1.29. The number of hydrogen-bond donors (Lipinski definition) is 2. The van der Waals surface area contributed by atoms with Crippen molar-refractivity contribution in [2.24, 2.45) is 0 Å². The minimum absolute atomic E-state index is 0.149. The van der Waals surface area contributed by atoms with Crippen molar-refractivity contribution in [3.63, 3.8) is 0 Å². The number of aryl methyl sites for hydroxylation is 1. The second-order valence-electron chi connectivity index (χ2n) is 10.9. The van der Waals surface area contributed by atoms with Gasteiger partial charge in [-0.05, 0) is 60.1 Å². The zero-order valence-corrected chi connectivity index (χ0v) is 26.0. The van der Waals surface area contributed by atoms with E-state index in [-0.39, 0.29) is 17.3 Å². The lowest BCUT2D eigenvalue weighted by Gasteiger charge is -2.38. The maximum Gasteiger partial charge on any atom is 0.332 e. The summed E-state index contributed by atoms with van der Waals surface area (Å²) in [5.41, 5.74) is 4.01. The van der Waals surface area contributed by atoms with Crippen LogP contribution in [0.1, 0.15) is 42.4 Å². The van der Waals surface area contributed by atoms with Gasteiger partial charge in [0.15, 0.2) is 10.7 Å². The number of tetrazole rings is 1. The zero-order valence-electron chi connectivity index (χ0n) is 25.3. The number of aromatic hydroxyl groups is 1. The molecule has 0 unspecified atom stereocenters. The van der Waals surface area contributed by atoms with E-state index in [1.54, 1.807) is 24.3 Å². The van der Waals surface area contributed by atoms with E-state index in [0.29, 0.717) is 24.5 Å². The Hall–Kier alpha value is -4.54. The molecular weight excluding hydrogens is 578 g/mol. The molecule has 0 bridgehead atoms. The number of H-pyrrole nitrogens is 1. The lowest BCUT2D eigenvalue weighted by molar-refractivity contribution is -0.155. The van der Waals surface area contributed by atoms with Crippen molar-refractivity contribution < 1.29 is 14.6 Å². The smallest absolute Gasteiger partial charge is 0.332 e. The highest BCUT2D eigenvalue weighted by Crippen LogP contribution is 2.39. The molecule has 5 aromatic rings. The molecule has 5 rings (SSSR count). The molecule has 10 nitrogen and oxygen atoms in total. The maximum absolute atomic E-state index is 13.8. The molecule has 2 heterocycles. The number of carbonyl (C=O) groups is 1. The van der Waals surface area contributed by atoms with Crippen molar-refractivity contribution in [2.45, 2.75) is 44.7 Å². The van der Waals surface area contributed by atoms with Crippen molar-refractivity contribution in [1.82, 2.24) is 35.1 Å². The van der Waals surface area contributed by atoms with Gasteiger partial charge in [0, 0.05) is 24.9 Å². The number of hydrogen-bond acceptors (Lipinski definition) is 8. The van der Waals surface area contributed by atoms with Gasteiger partial charge in [0.1, 0.15) is 11.6 Å². The summed E-state index contributed by atoms with van der Waals surface area (Å²) in [6.07, 6.45) is 2.87. The summed E-state index contributed by atoms with van der Waals surface area (Å²) < 4.78 is 7.50. The van der Waals surface area contributed by atoms with Crippen LogP contribution in [0.4, 0.5) is 0 Å². The zero-order chi connectivity index (χ0) is 31.3. The Morgan fingerprint density at radius 3 is 2.32 bits per heavy atom. The summed E-state index contributed by atoms with van der Waals surface area (Å²) in [5.74, 6) is 1.03. The number of methoxy groups -OCH3 is 1. The number of phenolic OH excluding ortho intramolecular Hbond substituents is 1. The van der Waals surface area contributed by atoms with Crippen LogP contribution in [0.5, 0.6) is 5.75 Å². The normalized spacial score (nSPS) is 12.8. The molecule has 0 aliphatic heterocycles. The fraction of sp³-hybridized carbons (Fsp3) is 0.303. The number of ether oxygens (including phenoxy) is 1. The Morgan fingerprint density at radius 2 is 1.70 bits per heavy atom. The molecule has 0 saturated heterocycles. The molecule has 44 heavy (non-hydrogen) atoms. The number of imidazole rings is 1. The van der Waals surface area contributed by atoms with E-state index in [9.17, 15) is 9.90 Å². The largest absolute Gasteiger partial charge is 0.508 e. The molecular formula is C33H36ClN7O3. The standard InChI is InChI=1S/C33H36ClN7O3/c1-5-6-11-28-35-30(34)29(33(40(2)3,32(43)44-4)20-22-14-18-25(42)19-15-22)41(28)21-23-12-16-24(17-13-23)26-9-7-8-10-27(26)31-36-38-39-37-31/h7-10,12-19,42H,5-6,11,20-21H2,1-4H3,(H,36,37,38,39)/t33-/m0/s1. The monoisotopic (exact) mass is 613 g/mol. The van der Waals surface area contributed by atoms with Gasteiger partial charge < -0.3 is 14.4 Å². The fourth-order valence-electron chi connectivity index (χ4n) is 5.62. The van der Waals surface area contributed by atoms with Gasteiger partial charge >= 0.3 is 5.97 Å². The number of phenols is 1. The summed E-state index contributed by atoms with van der Waals surface area (Å²) in [5, 5.41) is 24.7. The van der Waals surface area contributed by atoms with Crippen LogP contribution in [0, 0.1) is 0 Å². The van der Waals surface area contributed by atoms with E-state index >= 15 is 0 Å². The number of likely N-dealkylation sites (N-methyl/N-ethyl adjacent to an activating group) is 1. The van der Waals surface area contributed by atoms with Crippen LogP contribution < -0.4 is 0 Å². The molecule has 0 radical (unpaired) electrons. The number of esters is 1. The third-order valence-corrected chi connectivity index (χ3v) is 8.22. The minimum Gasteiger partial charge on any atom is -0.508 e. The van der Waals surface area contributed by atoms with Crippen molar-refractivity contribution in [1.29, 1.82) is 0 Å². The first-order chi connectivity index (χ1) is 21.3. The molecule has 2 aromatic heterocycles. The number of aromatic nitrogens is 6. The van der Waals surface area contributed by atoms with Crippen LogP contribution in [-0.2, 0) is 34.5 Å². The van der Waals surface area contributed by atoms with E-state index in [1.807, 2.05) is 43.3 Å². The number of halogens is 1. The Bertz CT molecular complexity index is 1700. The van der Waals surface area contributed by atoms with Gasteiger partial charge in [-0.25, -0.2) is 9.78 Å². The summed E-state index contributed by atoms with van der Waals surface area (Å²) in [4.78, 5) is 20.5. The summed E-state index contributed by atoms with van der Waals surface area (Å²) in [6, 6.07) is 23.0. The van der Waals surface area contributed by atoms with E-state index in [2.05, 4.69) is 56.4 Å². The van der Waals surface area contributed by atoms with E-state index in [1.165, 1.54) is 7.11 Å². The Morgan fingerprint density at radius 1 is 1.02 bits per heavy atom. The molecule has 1 atom stereocenters. The van der Waals surface area contributed by atoms with Crippen molar-refractivity contribution in [2.75, 3.05) is 21.2 Å². The van der Waals surface area contributed by atoms with Crippen LogP contribution in [-0.4, -0.2) is 67.4 Å². The predicted octanol–water partition coefficient (Wildman–Crippen LogP) is 5.65. The van der Waals surface area contributed by atoms with E-state index in [4.69, 9.17) is 21.3 Å². The highest BCUT2D eigenvalue weighted by Gasteiger charge is 2.49. The van der Waals surface area contributed by atoms with Gasteiger partial charge in [0.25, 0.3) is 0 Å². The SMILES string of the molecule is CCCCc1nc(Cl)c([C@@](Cc2ccc(O)cc2)(C(=O)OC)N(C)C)n1Cc1ccc(-c2ccccc2-c2nn[nH]n2)cc1. The molecule has 0 fully saturated rings. The third kappa shape index (κ3) is 6.09. The predicted molar refractivity (Wildman–Crippen MR) is 169 cm³/mol. The van der Waals surface area contributed by atoms with Gasteiger partial charge in [-0.15, -0.1) is 10.2 Å². The van der Waals surface area contributed by atoms with Crippen LogP contribution in [0.25, 0.3) is 22.5 Å². The van der Waals surface area contributed by atoms with Crippen LogP contribution in [0.15, 0.2) is 72.8 Å². The molecule has 3 aromatic carbocycles. The second kappa shape index (κ2) is 13.4. The first-order valence-corrected chi connectivity index (χ1v) is 14.9. The molecule has 0 aliphatic rings. The highest BCUT2D eigenvalue weighted by molar-refractivity contribution is 6.30. The number of nitrogens with zero attached hydrogens (tertiary/aromatic N) is 6. The first kappa shape index (κ1) is 30.9. The molecule has 0 amide bonds. The molecule has 2 N–H and O–H groups in total. The number of unbranched alkanes of at least 4 members (excludes halogenated alkanes) is 1. The maximum atomic E-state index is 13.8. The van der Waals surface area contributed by atoms with E-state index < -0.39 is 11.5 Å². The topological polar surface area (TPSA) is 122 Å². The number of rotatable bonds is 12. The lowest BCUT2D eigenvalue weighted by Crippen LogP contribution is -2.52. The molecule has 0 aliphatic carbocycles. The molecule has 11 heteroatoms. The summed E-state index contributed by atoms with van der Waals surface area (Å²) in [6.45, 7) is 2.58. The second-order valence-corrected chi connectivity index (χ2v) is 11.3. The average molecular weight is 614 g/mol. The van der Waals surface area contributed by atoms with Gasteiger partial charge in [-0.3, -0.25) is 4.90 Å².